The lowest BCUT2D eigenvalue weighted by molar-refractivity contribution is 0.428. The van der Waals surface area contributed by atoms with Crippen molar-refractivity contribution in [2.75, 3.05) is 0 Å². The molecule has 0 aliphatic carbocycles. The maximum atomic E-state index is 12.8. The van der Waals surface area contributed by atoms with Crippen LogP contribution in [0.2, 0.25) is 0 Å². The van der Waals surface area contributed by atoms with Gasteiger partial charge in [-0.1, -0.05) is 44.0 Å². The summed E-state index contributed by atoms with van der Waals surface area (Å²) >= 11 is 6.64. The molecular weight excluding hydrogens is 428 g/mol. The lowest BCUT2D eigenvalue weighted by Gasteiger charge is -2.12. The maximum absolute atomic E-state index is 12.8. The highest BCUT2D eigenvalue weighted by Crippen LogP contribution is 2.18. The Hall–Kier alpha value is -2.12. The van der Waals surface area contributed by atoms with E-state index >= 15 is 0 Å². The Morgan fingerprint density at radius 3 is 1.83 bits per heavy atom. The first-order chi connectivity index (χ1) is 11.0. The van der Waals surface area contributed by atoms with E-state index in [-0.39, 0.29) is 0 Å². The molecule has 3 rings (SSSR count). The Labute approximate surface area is 147 Å². The molecule has 0 aliphatic heterocycles. The van der Waals surface area contributed by atoms with Gasteiger partial charge in [0.15, 0.2) is 0 Å². The van der Waals surface area contributed by atoms with Crippen LogP contribution in [-0.2, 0) is 0 Å². The molecule has 0 amide bonds. The van der Waals surface area contributed by atoms with Gasteiger partial charge < -0.3 is 5.11 Å². The van der Waals surface area contributed by atoms with Gasteiger partial charge >= 0.3 is 5.69 Å². The lowest BCUT2D eigenvalue weighted by Crippen LogP contribution is -2.37. The van der Waals surface area contributed by atoms with Gasteiger partial charge in [0.05, 0.1) is 17.4 Å². The van der Waals surface area contributed by atoms with Crippen molar-refractivity contribution in [2.45, 2.75) is 0 Å². The molecule has 5 nitrogen and oxygen atoms in total. The fraction of sp³-hybridized carbons (Fsp3) is 0. The normalized spacial score (nSPS) is 10.7. The van der Waals surface area contributed by atoms with Gasteiger partial charge in [0, 0.05) is 8.95 Å². The van der Waals surface area contributed by atoms with E-state index in [2.05, 4.69) is 31.9 Å². The molecule has 0 fully saturated rings. The van der Waals surface area contributed by atoms with Crippen LogP contribution in [0.15, 0.2) is 73.1 Å². The van der Waals surface area contributed by atoms with E-state index in [4.69, 9.17) is 0 Å². The quantitative estimate of drug-likeness (QED) is 0.669. The molecule has 0 aliphatic rings. The van der Waals surface area contributed by atoms with E-state index in [0.29, 0.717) is 11.4 Å². The highest BCUT2D eigenvalue weighted by Gasteiger charge is 2.14. The predicted octanol–water partition coefficient (Wildman–Crippen LogP) is 3.22. The highest BCUT2D eigenvalue weighted by atomic mass is 79.9. The summed E-state index contributed by atoms with van der Waals surface area (Å²) in [5.74, 6) is -0.413. The smallest absolute Gasteiger partial charge is 0.343 e. The van der Waals surface area contributed by atoms with Gasteiger partial charge in [-0.25, -0.2) is 13.9 Å². The average Bonchev–Trinajstić information content (AvgIpc) is 2.47. The van der Waals surface area contributed by atoms with Gasteiger partial charge in [-0.3, -0.25) is 4.79 Å². The Morgan fingerprint density at radius 2 is 1.30 bits per heavy atom. The summed E-state index contributed by atoms with van der Waals surface area (Å²) in [5.41, 5.74) is -0.383. The van der Waals surface area contributed by atoms with Gasteiger partial charge in [-0.05, 0) is 36.4 Å². The number of benzene rings is 2. The zero-order chi connectivity index (χ0) is 16.6. The molecule has 1 N–H and O–H groups in total. The Morgan fingerprint density at radius 1 is 0.783 bits per heavy atom. The predicted molar refractivity (Wildman–Crippen MR) is 94.7 cm³/mol. The molecule has 0 unspecified atom stereocenters. The summed E-state index contributed by atoms with van der Waals surface area (Å²) in [7, 11) is 0. The van der Waals surface area contributed by atoms with Crippen molar-refractivity contribution in [3.05, 3.63) is 84.4 Å². The van der Waals surface area contributed by atoms with E-state index in [0.717, 1.165) is 24.1 Å². The monoisotopic (exact) mass is 436 g/mol. The van der Waals surface area contributed by atoms with Gasteiger partial charge in [0.1, 0.15) is 0 Å². The first-order valence-electron chi connectivity index (χ1n) is 6.57. The Balaban J connectivity index is 2.34. The van der Waals surface area contributed by atoms with E-state index in [1.807, 2.05) is 0 Å². The lowest BCUT2D eigenvalue weighted by atomic mass is 10.3. The fourth-order valence-corrected chi connectivity index (χ4v) is 3.02. The largest absolute Gasteiger partial charge is 0.494 e. The van der Waals surface area contributed by atoms with Crippen molar-refractivity contribution in [2.24, 2.45) is 0 Å². The summed E-state index contributed by atoms with van der Waals surface area (Å²) in [6, 6.07) is 14.7. The third-order valence-corrected chi connectivity index (χ3v) is 4.20. The molecule has 1 aromatic heterocycles. The molecule has 0 spiro atoms. The molecule has 0 radical (unpaired) electrons. The number of halogens is 2. The summed E-state index contributed by atoms with van der Waals surface area (Å²) in [6.45, 7) is 0. The van der Waals surface area contributed by atoms with Crippen LogP contribution in [0.1, 0.15) is 0 Å². The fourth-order valence-electron chi connectivity index (χ4n) is 2.24. The van der Waals surface area contributed by atoms with Gasteiger partial charge in [-0.2, -0.15) is 0 Å². The van der Waals surface area contributed by atoms with Gasteiger partial charge in [-0.15, -0.1) is 0 Å². The summed E-state index contributed by atoms with van der Waals surface area (Å²) in [6.07, 6.45) is 0. The van der Waals surface area contributed by atoms with Crippen molar-refractivity contribution in [1.29, 1.82) is 0 Å². The van der Waals surface area contributed by atoms with Crippen molar-refractivity contribution >= 4 is 31.9 Å². The van der Waals surface area contributed by atoms with Gasteiger partial charge in [0.25, 0.3) is 5.56 Å². The molecular formula is C16H10Br2N2O3. The molecule has 23 heavy (non-hydrogen) atoms. The van der Waals surface area contributed by atoms with E-state index < -0.39 is 17.1 Å². The third-order valence-electron chi connectivity index (χ3n) is 3.22. The van der Waals surface area contributed by atoms with Crippen molar-refractivity contribution in [3.63, 3.8) is 0 Å². The van der Waals surface area contributed by atoms with Crippen molar-refractivity contribution < 1.29 is 5.11 Å². The minimum atomic E-state index is -0.647. The molecule has 0 bridgehead atoms. The van der Waals surface area contributed by atoms with E-state index in [1.54, 1.807) is 48.5 Å². The van der Waals surface area contributed by atoms with Crippen LogP contribution >= 0.6 is 31.9 Å². The maximum Gasteiger partial charge on any atom is 0.343 e. The van der Waals surface area contributed by atoms with Crippen molar-refractivity contribution in [3.8, 4) is 17.3 Å². The van der Waals surface area contributed by atoms with Crippen LogP contribution in [0, 0.1) is 0 Å². The molecule has 116 valence electrons. The zero-order valence-electron chi connectivity index (χ0n) is 11.6. The second-order valence-corrected chi connectivity index (χ2v) is 6.59. The minimum absolute atomic E-state index is 0.413. The number of hydrogen-bond donors (Lipinski definition) is 1. The molecule has 3 aromatic rings. The van der Waals surface area contributed by atoms with Crippen LogP contribution in [0.3, 0.4) is 0 Å². The number of hydrogen-bond acceptors (Lipinski definition) is 3. The van der Waals surface area contributed by atoms with Crippen LogP contribution < -0.4 is 11.2 Å². The van der Waals surface area contributed by atoms with Crippen LogP contribution in [0.4, 0.5) is 0 Å². The molecule has 2 aromatic carbocycles. The summed E-state index contributed by atoms with van der Waals surface area (Å²) in [5, 5.41) is 10.1. The second-order valence-electron chi connectivity index (χ2n) is 4.75. The summed E-state index contributed by atoms with van der Waals surface area (Å²) < 4.78 is 3.57. The SMILES string of the molecule is O=c1cc(O)n(-c2cccc(Br)c2)c(=O)n1-c1cccc(Br)c1. The highest BCUT2D eigenvalue weighted by molar-refractivity contribution is 9.10. The molecule has 1 heterocycles. The van der Waals surface area contributed by atoms with Crippen LogP contribution in [0.25, 0.3) is 11.4 Å². The van der Waals surface area contributed by atoms with E-state index in [9.17, 15) is 14.7 Å². The molecule has 0 saturated heterocycles. The van der Waals surface area contributed by atoms with E-state index in [1.165, 1.54) is 0 Å². The van der Waals surface area contributed by atoms with Gasteiger partial charge in [0.2, 0.25) is 5.88 Å². The average molecular weight is 438 g/mol. The minimum Gasteiger partial charge on any atom is -0.494 e. The molecule has 0 atom stereocenters. The first-order valence-corrected chi connectivity index (χ1v) is 8.16. The standard InChI is InChI=1S/C16H10Br2N2O3/c17-10-3-1-5-12(7-10)19-14(21)9-15(22)20(16(19)23)13-6-2-4-11(18)8-13/h1-9,21H. The topological polar surface area (TPSA) is 64.2 Å². The number of rotatable bonds is 2. The zero-order valence-corrected chi connectivity index (χ0v) is 14.8. The number of aromatic nitrogens is 2. The Kier molecular flexibility index (Phi) is 4.23. The first kappa shape index (κ1) is 15.8. The van der Waals surface area contributed by atoms with Crippen LogP contribution in [0.5, 0.6) is 5.88 Å². The molecule has 0 saturated carbocycles. The van der Waals surface area contributed by atoms with Crippen molar-refractivity contribution in [1.82, 2.24) is 9.13 Å². The van der Waals surface area contributed by atoms with Crippen LogP contribution in [-0.4, -0.2) is 14.2 Å². The second kappa shape index (κ2) is 6.17. The third kappa shape index (κ3) is 3.02. The number of aromatic hydroxyl groups is 1. The Bertz CT molecular complexity index is 1010. The summed E-state index contributed by atoms with van der Waals surface area (Å²) in [4.78, 5) is 25.0. The molecule has 7 heteroatoms. The number of nitrogens with zero attached hydrogens (tertiary/aromatic N) is 2.